The third-order valence-electron chi connectivity index (χ3n) is 3.71. The van der Waals surface area contributed by atoms with Crippen LogP contribution in [0, 0.1) is 0 Å². The number of anilines is 1. The maximum atomic E-state index is 9.46. The van der Waals surface area contributed by atoms with E-state index in [9.17, 15) is 10.2 Å². The van der Waals surface area contributed by atoms with Gasteiger partial charge in [-0.1, -0.05) is 12.2 Å². The molecule has 4 N–H and O–H groups in total. The SMILES string of the molecule is Nc1nc2c(s1)CCN(C/C=C/c1cc(O)cc(O)c1)CC2. The molecule has 0 bridgehead atoms. The summed E-state index contributed by atoms with van der Waals surface area (Å²) in [4.78, 5) is 8.06. The van der Waals surface area contributed by atoms with Gasteiger partial charge in [-0.15, -0.1) is 11.3 Å². The number of rotatable bonds is 3. The molecule has 0 spiro atoms. The highest BCUT2D eigenvalue weighted by atomic mass is 32.1. The molecule has 0 saturated heterocycles. The average Bonchev–Trinajstić information content (AvgIpc) is 2.70. The summed E-state index contributed by atoms with van der Waals surface area (Å²) in [6.07, 6.45) is 5.89. The van der Waals surface area contributed by atoms with Crippen LogP contribution in [-0.2, 0) is 12.8 Å². The van der Waals surface area contributed by atoms with Crippen molar-refractivity contribution in [1.29, 1.82) is 0 Å². The molecule has 5 nitrogen and oxygen atoms in total. The van der Waals surface area contributed by atoms with Crippen molar-refractivity contribution in [2.75, 3.05) is 25.4 Å². The molecule has 0 unspecified atom stereocenters. The Hall–Kier alpha value is -2.05. The van der Waals surface area contributed by atoms with E-state index in [-0.39, 0.29) is 11.5 Å². The number of phenols is 2. The molecule has 0 amide bonds. The Morgan fingerprint density at radius 1 is 1.18 bits per heavy atom. The largest absolute Gasteiger partial charge is 0.508 e. The van der Waals surface area contributed by atoms with E-state index in [2.05, 4.69) is 16.0 Å². The third-order valence-corrected chi connectivity index (χ3v) is 4.70. The predicted molar refractivity (Wildman–Crippen MR) is 89.2 cm³/mol. The Morgan fingerprint density at radius 2 is 1.91 bits per heavy atom. The van der Waals surface area contributed by atoms with Crippen LogP contribution in [0.5, 0.6) is 11.5 Å². The number of aromatic hydroxyl groups is 2. The van der Waals surface area contributed by atoms with Crippen molar-refractivity contribution in [3.63, 3.8) is 0 Å². The minimum atomic E-state index is 0.0718. The van der Waals surface area contributed by atoms with Crippen LogP contribution in [0.2, 0.25) is 0 Å². The number of benzene rings is 1. The van der Waals surface area contributed by atoms with E-state index in [0.29, 0.717) is 5.13 Å². The Bertz CT molecular complexity index is 651. The maximum Gasteiger partial charge on any atom is 0.180 e. The van der Waals surface area contributed by atoms with Gasteiger partial charge in [-0.05, 0) is 24.1 Å². The van der Waals surface area contributed by atoms with Gasteiger partial charge in [-0.25, -0.2) is 4.98 Å². The number of hydrogen-bond acceptors (Lipinski definition) is 6. The van der Waals surface area contributed by atoms with Gasteiger partial charge in [0.25, 0.3) is 0 Å². The van der Waals surface area contributed by atoms with Crippen LogP contribution < -0.4 is 5.73 Å². The minimum Gasteiger partial charge on any atom is -0.508 e. The second kappa shape index (κ2) is 6.37. The first-order valence-corrected chi connectivity index (χ1v) is 8.08. The van der Waals surface area contributed by atoms with Crippen molar-refractivity contribution in [3.8, 4) is 11.5 Å². The molecule has 2 heterocycles. The monoisotopic (exact) mass is 317 g/mol. The zero-order valence-corrected chi connectivity index (χ0v) is 13.0. The van der Waals surface area contributed by atoms with Gasteiger partial charge in [-0.2, -0.15) is 0 Å². The zero-order valence-electron chi connectivity index (χ0n) is 12.2. The van der Waals surface area contributed by atoms with Crippen molar-refractivity contribution in [1.82, 2.24) is 9.88 Å². The van der Waals surface area contributed by atoms with Crippen LogP contribution in [0.15, 0.2) is 24.3 Å². The van der Waals surface area contributed by atoms with E-state index in [1.165, 1.54) is 10.9 Å². The van der Waals surface area contributed by atoms with Gasteiger partial charge < -0.3 is 15.9 Å². The van der Waals surface area contributed by atoms with Gasteiger partial charge in [0, 0.05) is 37.0 Å². The molecule has 0 fully saturated rings. The van der Waals surface area contributed by atoms with Crippen molar-refractivity contribution in [3.05, 3.63) is 40.4 Å². The first-order valence-electron chi connectivity index (χ1n) is 7.26. The molecule has 3 rings (SSSR count). The number of fused-ring (bicyclic) bond motifs is 1. The number of aromatic nitrogens is 1. The topological polar surface area (TPSA) is 82.6 Å². The molecule has 0 aliphatic carbocycles. The summed E-state index contributed by atoms with van der Waals surface area (Å²) < 4.78 is 0. The molecule has 1 aromatic carbocycles. The lowest BCUT2D eigenvalue weighted by atomic mass is 10.2. The second-order valence-electron chi connectivity index (χ2n) is 5.41. The van der Waals surface area contributed by atoms with Crippen molar-refractivity contribution in [2.45, 2.75) is 12.8 Å². The van der Waals surface area contributed by atoms with Crippen molar-refractivity contribution in [2.24, 2.45) is 0 Å². The Balaban J connectivity index is 1.58. The summed E-state index contributed by atoms with van der Waals surface area (Å²) in [6.45, 7) is 2.79. The standard InChI is InChI=1S/C16H19N3O2S/c17-16-18-14-3-6-19(7-4-15(14)22-16)5-1-2-11-8-12(20)10-13(21)9-11/h1-2,8-10,20-21H,3-7H2,(H2,17,18)/b2-1+. The van der Waals surface area contributed by atoms with Crippen LogP contribution >= 0.6 is 11.3 Å². The van der Waals surface area contributed by atoms with Crippen molar-refractivity contribution < 1.29 is 10.2 Å². The van der Waals surface area contributed by atoms with Gasteiger partial charge in [0.05, 0.1) is 5.69 Å². The molecule has 1 aliphatic heterocycles. The quantitative estimate of drug-likeness (QED) is 0.809. The molecular weight excluding hydrogens is 298 g/mol. The van der Waals surface area contributed by atoms with Crippen LogP contribution in [0.4, 0.5) is 5.13 Å². The summed E-state index contributed by atoms with van der Waals surface area (Å²) >= 11 is 1.60. The van der Waals surface area contributed by atoms with E-state index >= 15 is 0 Å². The van der Waals surface area contributed by atoms with E-state index < -0.39 is 0 Å². The lowest BCUT2D eigenvalue weighted by Crippen LogP contribution is -2.26. The number of hydrogen-bond donors (Lipinski definition) is 3. The fraction of sp³-hybridized carbons (Fsp3) is 0.312. The lowest BCUT2D eigenvalue weighted by Gasteiger charge is -2.17. The summed E-state index contributed by atoms with van der Waals surface area (Å²) in [7, 11) is 0. The van der Waals surface area contributed by atoms with E-state index in [4.69, 9.17) is 5.73 Å². The first kappa shape index (κ1) is 14.9. The van der Waals surface area contributed by atoms with E-state index in [0.717, 1.165) is 43.7 Å². The van der Waals surface area contributed by atoms with Crippen LogP contribution in [0.3, 0.4) is 0 Å². The summed E-state index contributed by atoms with van der Waals surface area (Å²) in [6, 6.07) is 4.58. The Morgan fingerprint density at radius 3 is 2.68 bits per heavy atom. The van der Waals surface area contributed by atoms with E-state index in [1.807, 2.05) is 6.08 Å². The Labute approximate surface area is 133 Å². The van der Waals surface area contributed by atoms with Crippen LogP contribution in [-0.4, -0.2) is 39.7 Å². The number of thiazole rings is 1. The normalized spacial score (nSPS) is 15.8. The highest BCUT2D eigenvalue weighted by molar-refractivity contribution is 7.15. The smallest absolute Gasteiger partial charge is 0.180 e. The summed E-state index contributed by atoms with van der Waals surface area (Å²) in [5, 5.41) is 19.6. The van der Waals surface area contributed by atoms with Crippen molar-refractivity contribution >= 4 is 22.5 Å². The fourth-order valence-electron chi connectivity index (χ4n) is 2.66. The molecule has 1 aliphatic rings. The second-order valence-corrected chi connectivity index (χ2v) is 6.52. The molecule has 0 atom stereocenters. The number of nitrogens with two attached hydrogens (primary N) is 1. The number of nitrogen functional groups attached to an aromatic ring is 1. The Kier molecular flexibility index (Phi) is 4.31. The number of phenolic OH excluding ortho intramolecular Hbond substituents is 2. The van der Waals surface area contributed by atoms with Gasteiger partial charge in [0.2, 0.25) is 0 Å². The predicted octanol–water partition coefficient (Wildman–Crippen LogP) is 2.25. The van der Waals surface area contributed by atoms with Gasteiger partial charge in [0.1, 0.15) is 11.5 Å². The zero-order chi connectivity index (χ0) is 15.5. The number of nitrogens with zero attached hydrogens (tertiary/aromatic N) is 2. The molecule has 0 radical (unpaired) electrons. The third kappa shape index (κ3) is 3.58. The van der Waals surface area contributed by atoms with Gasteiger partial charge in [0.15, 0.2) is 5.13 Å². The summed E-state index contributed by atoms with van der Waals surface area (Å²) in [5.74, 6) is 0.144. The van der Waals surface area contributed by atoms with Crippen LogP contribution in [0.25, 0.3) is 6.08 Å². The highest BCUT2D eigenvalue weighted by Crippen LogP contribution is 2.24. The van der Waals surface area contributed by atoms with Crippen LogP contribution in [0.1, 0.15) is 16.1 Å². The fourth-order valence-corrected chi connectivity index (χ4v) is 3.53. The van der Waals surface area contributed by atoms with Gasteiger partial charge >= 0.3 is 0 Å². The molecule has 2 aromatic rings. The highest BCUT2D eigenvalue weighted by Gasteiger charge is 2.16. The minimum absolute atomic E-state index is 0.0718. The molecule has 116 valence electrons. The first-order chi connectivity index (χ1) is 10.6. The lowest BCUT2D eigenvalue weighted by molar-refractivity contribution is 0.318. The molecular formula is C16H19N3O2S. The molecule has 0 saturated carbocycles. The molecule has 22 heavy (non-hydrogen) atoms. The van der Waals surface area contributed by atoms with Gasteiger partial charge in [-0.3, -0.25) is 4.90 Å². The average molecular weight is 317 g/mol. The molecule has 1 aromatic heterocycles. The van der Waals surface area contributed by atoms with E-state index in [1.54, 1.807) is 23.5 Å². The summed E-state index contributed by atoms with van der Waals surface area (Å²) in [5.41, 5.74) is 7.69. The maximum absolute atomic E-state index is 9.46. The molecule has 6 heteroatoms.